The van der Waals surface area contributed by atoms with Crippen LogP contribution < -0.4 is 42.6 Å². The molecule has 0 aromatic heterocycles. The molecule has 11 nitrogen and oxygen atoms in total. The van der Waals surface area contributed by atoms with Gasteiger partial charge in [-0.25, -0.2) is 13.6 Å². The molecule has 0 bridgehead atoms. The summed E-state index contributed by atoms with van der Waals surface area (Å²) < 4.78 is 103. The van der Waals surface area contributed by atoms with Crippen molar-refractivity contribution in [2.45, 2.75) is 71.5 Å². The van der Waals surface area contributed by atoms with E-state index in [0.29, 0.717) is 22.6 Å². The van der Waals surface area contributed by atoms with Crippen LogP contribution in [0.15, 0.2) is 267 Å². The molecule has 0 unspecified atom stereocenters. The molecule has 91 heavy (non-hydrogen) atoms. The molecule has 11 aromatic rings. The van der Waals surface area contributed by atoms with Gasteiger partial charge in [-0.1, -0.05) is 243 Å². The van der Waals surface area contributed by atoms with Gasteiger partial charge in [0.2, 0.25) is 23.0 Å². The highest BCUT2D eigenvalue weighted by molar-refractivity contribution is 5.92. The van der Waals surface area contributed by atoms with Crippen LogP contribution in [0.5, 0.6) is 51.7 Å². The molecule has 0 aliphatic carbocycles. The number of halogens is 2. The third kappa shape index (κ3) is 15.6. The predicted molar refractivity (Wildman–Crippen MR) is 342 cm³/mol. The summed E-state index contributed by atoms with van der Waals surface area (Å²) in [6.45, 7) is 0.201. The Kier molecular flexibility index (Phi) is 19.7. The van der Waals surface area contributed by atoms with Crippen molar-refractivity contribution in [1.82, 2.24) is 0 Å². The van der Waals surface area contributed by atoms with Crippen molar-refractivity contribution in [1.29, 1.82) is 0 Å². The lowest BCUT2D eigenvalue weighted by atomic mass is 9.92. The van der Waals surface area contributed by atoms with Gasteiger partial charge >= 0.3 is 5.97 Å². The van der Waals surface area contributed by atoms with Crippen LogP contribution in [-0.4, -0.2) is 12.1 Å². The molecule has 0 radical (unpaired) electrons. The van der Waals surface area contributed by atoms with Gasteiger partial charge in [-0.05, 0) is 50.6 Å². The Morgan fingerprint density at radius 3 is 1.05 bits per heavy atom. The molecule has 0 spiro atoms. The van der Waals surface area contributed by atoms with E-state index in [0.717, 1.165) is 38.9 Å². The van der Waals surface area contributed by atoms with Crippen molar-refractivity contribution in [2.75, 3.05) is 0 Å². The summed E-state index contributed by atoms with van der Waals surface area (Å²) in [5, 5.41) is 0. The molecule has 11 aromatic carbocycles. The van der Waals surface area contributed by atoms with Crippen molar-refractivity contribution in [3.63, 3.8) is 0 Å². The summed E-state index contributed by atoms with van der Waals surface area (Å²) in [5.74, 6) is -2.84. The van der Waals surface area contributed by atoms with Gasteiger partial charge in [0.15, 0.2) is 29.2 Å². The van der Waals surface area contributed by atoms with E-state index < -0.39 is 41.1 Å². The predicted octanol–water partition coefficient (Wildman–Crippen LogP) is 17.5. The number of carbonyl (C=O) groups excluding carboxylic acids is 1. The summed E-state index contributed by atoms with van der Waals surface area (Å²) >= 11 is 0. The number of hydrogen-bond donors (Lipinski definition) is 0. The smallest absolute Gasteiger partial charge is 0.341 e. The Labute approximate surface area is 527 Å². The average molecular weight is 1220 g/mol. The van der Waals surface area contributed by atoms with Gasteiger partial charge in [-0.2, -0.15) is 0 Å². The van der Waals surface area contributed by atoms with Crippen molar-refractivity contribution in [3.8, 4) is 51.7 Å². The van der Waals surface area contributed by atoms with E-state index in [4.69, 9.17) is 47.4 Å². The van der Waals surface area contributed by atoms with E-state index in [1.165, 1.54) is 12.1 Å². The Morgan fingerprint density at radius 1 is 0.352 bits per heavy atom. The molecule has 2 atom stereocenters. The van der Waals surface area contributed by atoms with Crippen molar-refractivity contribution in [2.24, 2.45) is 0 Å². The third-order valence-corrected chi connectivity index (χ3v) is 15.1. The van der Waals surface area contributed by atoms with Crippen LogP contribution in [0.1, 0.15) is 72.1 Å². The molecule has 0 saturated carbocycles. The van der Waals surface area contributed by atoms with Gasteiger partial charge in [-0.15, -0.1) is 0 Å². The molecule has 1 aliphatic rings. The third-order valence-electron chi connectivity index (χ3n) is 15.1. The van der Waals surface area contributed by atoms with Crippen molar-refractivity contribution < 1.29 is 60.9 Å². The maximum atomic E-state index is 18.7. The second-order valence-corrected chi connectivity index (χ2v) is 21.6. The molecule has 13 heteroatoms. The zero-order valence-corrected chi connectivity index (χ0v) is 49.7. The Bertz CT molecular complexity index is 4130. The molecule has 0 amide bonds. The van der Waals surface area contributed by atoms with Gasteiger partial charge in [-0.3, -0.25) is 0 Å². The van der Waals surface area contributed by atoms with Gasteiger partial charge in [0, 0.05) is 35.7 Å². The number of esters is 1. The molecule has 1 heterocycles. The fourth-order valence-electron chi connectivity index (χ4n) is 10.4. The largest absolute Gasteiger partial charge is 0.489 e. The number of fused-ring (bicyclic) bond motifs is 1. The van der Waals surface area contributed by atoms with Crippen LogP contribution in [-0.2, 0) is 64.0 Å². The van der Waals surface area contributed by atoms with E-state index >= 15 is 13.6 Å². The number of ether oxygens (including phenoxy) is 10. The topological polar surface area (TPSA) is 109 Å². The first-order valence-corrected chi connectivity index (χ1v) is 30.0. The van der Waals surface area contributed by atoms with E-state index in [1.54, 1.807) is 12.1 Å². The Morgan fingerprint density at radius 2 is 0.670 bits per heavy atom. The highest BCUT2D eigenvalue weighted by atomic mass is 19.1. The number of rotatable bonds is 27. The Balaban J connectivity index is 1.00. The molecule has 0 saturated heterocycles. The first-order chi connectivity index (χ1) is 44.8. The van der Waals surface area contributed by atoms with Crippen LogP contribution >= 0.6 is 0 Å². The van der Waals surface area contributed by atoms with Crippen LogP contribution in [0.2, 0.25) is 0 Å². The van der Waals surface area contributed by atoms with E-state index in [1.807, 2.05) is 243 Å². The molecule has 0 N–H and O–H groups in total. The van der Waals surface area contributed by atoms with Gasteiger partial charge < -0.3 is 47.4 Å². The van der Waals surface area contributed by atoms with Crippen LogP contribution in [0.3, 0.4) is 0 Å². The molecule has 12 rings (SSSR count). The van der Waals surface area contributed by atoms with Gasteiger partial charge in [0.25, 0.3) is 0 Å². The lowest BCUT2D eigenvalue weighted by Crippen LogP contribution is -2.36. The molecular weight excluding hydrogens is 1150 g/mol. The van der Waals surface area contributed by atoms with Crippen LogP contribution in [0.25, 0.3) is 0 Å². The quantitative estimate of drug-likeness (QED) is 0.0459. The summed E-state index contributed by atoms with van der Waals surface area (Å²) in [7, 11) is 0. The minimum absolute atomic E-state index is 0.00257. The van der Waals surface area contributed by atoms with Crippen molar-refractivity contribution in [3.05, 3.63) is 340 Å². The second-order valence-electron chi connectivity index (χ2n) is 21.6. The zero-order valence-electron chi connectivity index (χ0n) is 49.7. The highest BCUT2D eigenvalue weighted by Crippen LogP contribution is 2.50. The first-order valence-electron chi connectivity index (χ1n) is 30.0. The lowest BCUT2D eigenvalue weighted by Gasteiger charge is -2.35. The molecule has 0 fully saturated rings. The summed E-state index contributed by atoms with van der Waals surface area (Å²) in [4.78, 5) is 15.6. The number of carbonyl (C=O) groups is 1. The Hall–Kier alpha value is -11.1. The maximum Gasteiger partial charge on any atom is 0.341 e. The van der Waals surface area contributed by atoms with Crippen LogP contribution in [0.4, 0.5) is 8.78 Å². The standard InChI is InChI=1S/C78H64F2O11/c79-71-64(44-68(84-48-56-29-13-3-14-30-56)74(86-50-58-33-17-5-18-34-58)76(71)88-52-60-37-21-7-22-38-60)73-70(43-63-66(83-47-55-27-11-2-12-28-55)41-62(42-67(63)90-73)82-46-54-25-9-1-10-26-54)91-78(81)65-45-69(85-49-57-31-15-4-16-32-57)75(87-51-59-35-19-6-20-36-59)77(72(65)80)89-53-61-39-23-8-24-40-61/h1-42,44-45,70,73H,43,46-53H2/t70-,73+/m1/s1. The van der Waals surface area contributed by atoms with E-state index in [2.05, 4.69) is 0 Å². The number of benzene rings is 11. The van der Waals surface area contributed by atoms with Gasteiger partial charge in [0.1, 0.15) is 81.8 Å². The molecular formula is C78H64F2O11. The summed E-state index contributed by atoms with van der Waals surface area (Å²) in [5.41, 5.74) is 6.19. The minimum atomic E-state index is -1.50. The normalized spacial score (nSPS) is 13.2. The summed E-state index contributed by atoms with van der Waals surface area (Å²) in [6, 6.07) is 81.7. The SMILES string of the molecule is O=C(O[C@@H]1Cc2c(OCc3ccccc3)cc(OCc3ccccc3)cc2O[C@H]1c1cc(OCc2ccccc2)c(OCc2ccccc2)c(OCc2ccccc2)c1F)c1cc(OCc2ccccc2)c(OCc2ccccc2)c(OCc2ccccc2)c1F. The minimum Gasteiger partial charge on any atom is -0.489 e. The number of hydrogen-bond acceptors (Lipinski definition) is 11. The second kappa shape index (κ2) is 29.8. The monoisotopic (exact) mass is 1210 g/mol. The fraction of sp³-hybridized carbons (Fsp3) is 0.141. The van der Waals surface area contributed by atoms with Gasteiger partial charge in [0.05, 0.1) is 0 Å². The average Bonchev–Trinajstić information content (AvgIpc) is 0.803. The summed E-state index contributed by atoms with van der Waals surface area (Å²) in [6.07, 6.45) is -3.07. The van der Waals surface area contributed by atoms with E-state index in [-0.39, 0.29) is 99.3 Å². The molecule has 1 aliphatic heterocycles. The fourth-order valence-corrected chi connectivity index (χ4v) is 10.4. The first kappa shape index (κ1) is 60.2. The zero-order chi connectivity index (χ0) is 62.0. The lowest BCUT2D eigenvalue weighted by molar-refractivity contribution is -0.0206. The van der Waals surface area contributed by atoms with E-state index in [9.17, 15) is 0 Å². The van der Waals surface area contributed by atoms with Crippen LogP contribution in [0, 0.1) is 11.6 Å². The highest BCUT2D eigenvalue weighted by Gasteiger charge is 2.41. The molecule has 456 valence electrons. The van der Waals surface area contributed by atoms with Crippen molar-refractivity contribution >= 4 is 5.97 Å². The maximum absolute atomic E-state index is 18.7.